The molecule has 0 aromatic heterocycles. The summed E-state index contributed by atoms with van der Waals surface area (Å²) in [5.74, 6) is 1.44. The molecule has 0 aromatic rings. The van der Waals surface area contributed by atoms with Gasteiger partial charge in [0.2, 0.25) is 0 Å². The van der Waals surface area contributed by atoms with Crippen LogP contribution in [0, 0.1) is 0 Å². The van der Waals surface area contributed by atoms with Gasteiger partial charge in [0.05, 0.1) is 7.11 Å². The van der Waals surface area contributed by atoms with Crippen LogP contribution in [0.2, 0.25) is 0 Å². The van der Waals surface area contributed by atoms with Crippen molar-refractivity contribution in [2.75, 3.05) is 7.11 Å². The Hall–Kier alpha value is 0.840. The summed E-state index contributed by atoms with van der Waals surface area (Å²) < 4.78 is 4.53. The monoisotopic (exact) mass is 192 g/mol. The van der Waals surface area contributed by atoms with Crippen LogP contribution < -0.4 is 0 Å². The molecule has 5 heteroatoms. The smallest absolute Gasteiger partial charge is 0.189 e. The number of hydrogen-bond donors (Lipinski definition) is 0. The van der Waals surface area contributed by atoms with Crippen LogP contribution in [0.25, 0.3) is 0 Å². The van der Waals surface area contributed by atoms with Gasteiger partial charge in [0.15, 0.2) is 5.22 Å². The van der Waals surface area contributed by atoms with Crippen molar-refractivity contribution in [1.82, 2.24) is 0 Å². The zero-order valence-electron chi connectivity index (χ0n) is 4.07. The SMILES string of the molecule is CO/C(Cl)=C/P(Cl)Cl. The summed E-state index contributed by atoms with van der Waals surface area (Å²) in [6.07, 6.45) is 0. The van der Waals surface area contributed by atoms with E-state index < -0.39 is 6.63 Å². The van der Waals surface area contributed by atoms with Crippen molar-refractivity contribution in [1.29, 1.82) is 0 Å². The second kappa shape index (κ2) is 4.69. The molecule has 0 radical (unpaired) electrons. The predicted octanol–water partition coefficient (Wildman–Crippen LogP) is 3.46. The average Bonchev–Trinajstić information content (AvgIpc) is 1.65. The Morgan fingerprint density at radius 2 is 2.12 bits per heavy atom. The minimum atomic E-state index is -1.12. The molecular weight excluding hydrogens is 189 g/mol. The first-order valence-corrected chi connectivity index (χ1v) is 5.29. The summed E-state index contributed by atoms with van der Waals surface area (Å²) in [4.78, 5) is 0. The van der Waals surface area contributed by atoms with Crippen LogP contribution in [0.1, 0.15) is 0 Å². The fourth-order valence-electron chi connectivity index (χ4n) is 0.129. The molecule has 0 fully saturated rings. The molecule has 0 aromatic carbocycles. The molecule has 48 valence electrons. The van der Waals surface area contributed by atoms with Gasteiger partial charge in [-0.25, -0.2) is 0 Å². The van der Waals surface area contributed by atoms with Crippen LogP contribution >= 0.6 is 40.7 Å². The van der Waals surface area contributed by atoms with E-state index >= 15 is 0 Å². The van der Waals surface area contributed by atoms with Crippen LogP contribution in [-0.2, 0) is 4.74 Å². The Morgan fingerprint density at radius 1 is 1.62 bits per heavy atom. The summed E-state index contributed by atoms with van der Waals surface area (Å²) in [6.45, 7) is -1.12. The normalized spacial score (nSPS) is 12.4. The number of ether oxygens (including phenoxy) is 1. The lowest BCUT2D eigenvalue weighted by Gasteiger charge is -1.93. The van der Waals surface area contributed by atoms with E-state index in [2.05, 4.69) is 4.74 Å². The summed E-state index contributed by atoms with van der Waals surface area (Å²) in [5.41, 5.74) is 0. The van der Waals surface area contributed by atoms with E-state index in [1.807, 2.05) is 0 Å². The predicted molar refractivity (Wildman–Crippen MR) is 39.6 cm³/mol. The summed E-state index contributed by atoms with van der Waals surface area (Å²) in [6, 6.07) is 0. The van der Waals surface area contributed by atoms with E-state index in [-0.39, 0.29) is 5.22 Å². The lowest BCUT2D eigenvalue weighted by molar-refractivity contribution is 0.322. The maximum absolute atomic E-state index is 5.35. The number of hydrogen-bond acceptors (Lipinski definition) is 1. The Bertz CT molecular complexity index is 92.5. The van der Waals surface area contributed by atoms with E-state index in [0.717, 1.165) is 0 Å². The molecule has 0 N–H and O–H groups in total. The highest BCUT2D eigenvalue weighted by Crippen LogP contribution is 2.49. The third-order valence-corrected chi connectivity index (χ3v) is 1.82. The van der Waals surface area contributed by atoms with Gasteiger partial charge >= 0.3 is 0 Å². The molecule has 0 atom stereocenters. The molecular formula is C3H4Cl3OP. The largest absolute Gasteiger partial charge is 0.486 e. The molecule has 0 amide bonds. The highest BCUT2D eigenvalue weighted by Gasteiger charge is 1.94. The fraction of sp³-hybridized carbons (Fsp3) is 0.333. The number of rotatable bonds is 2. The lowest BCUT2D eigenvalue weighted by atomic mass is 11.1. The van der Waals surface area contributed by atoms with Crippen LogP contribution in [0.4, 0.5) is 0 Å². The average molecular weight is 193 g/mol. The van der Waals surface area contributed by atoms with Gasteiger partial charge in [0.1, 0.15) is 6.63 Å². The van der Waals surface area contributed by atoms with Gasteiger partial charge in [0.25, 0.3) is 0 Å². The Morgan fingerprint density at radius 3 is 2.25 bits per heavy atom. The number of halogens is 3. The highest BCUT2D eigenvalue weighted by molar-refractivity contribution is 8.06. The Balaban J connectivity index is 3.56. The zero-order valence-corrected chi connectivity index (χ0v) is 7.23. The maximum atomic E-state index is 5.35. The van der Waals surface area contributed by atoms with Crippen LogP contribution in [0.3, 0.4) is 0 Å². The molecule has 0 aliphatic heterocycles. The first-order chi connectivity index (χ1) is 3.66. The van der Waals surface area contributed by atoms with Gasteiger partial charge < -0.3 is 4.74 Å². The molecule has 0 saturated heterocycles. The standard InChI is InChI=1S/C3H4Cl3OP/c1-7-3(4)2-8(5)6/h2H,1H3/b3-2+. The second-order valence-corrected chi connectivity index (χ2v) is 4.75. The molecule has 0 rings (SSSR count). The molecule has 0 bridgehead atoms. The second-order valence-electron chi connectivity index (χ2n) is 0.896. The van der Waals surface area contributed by atoms with Crippen LogP contribution in [-0.4, -0.2) is 7.11 Å². The summed E-state index contributed by atoms with van der Waals surface area (Å²) >= 11 is 16.0. The minimum Gasteiger partial charge on any atom is -0.486 e. The van der Waals surface area contributed by atoms with E-state index in [1.165, 1.54) is 12.9 Å². The van der Waals surface area contributed by atoms with Crippen molar-refractivity contribution >= 4 is 40.7 Å². The Kier molecular flexibility index (Phi) is 5.19. The maximum Gasteiger partial charge on any atom is 0.189 e. The first-order valence-electron chi connectivity index (χ1n) is 1.69. The molecule has 0 aliphatic rings. The van der Waals surface area contributed by atoms with Gasteiger partial charge in [-0.1, -0.05) is 22.5 Å². The van der Waals surface area contributed by atoms with Gasteiger partial charge in [-0.2, -0.15) is 0 Å². The zero-order chi connectivity index (χ0) is 6.57. The lowest BCUT2D eigenvalue weighted by Crippen LogP contribution is -1.70. The van der Waals surface area contributed by atoms with E-state index in [1.54, 1.807) is 0 Å². The third-order valence-electron chi connectivity index (χ3n) is 0.394. The molecule has 8 heavy (non-hydrogen) atoms. The minimum absolute atomic E-state index is 0.237. The van der Waals surface area contributed by atoms with Crippen LogP contribution in [0.15, 0.2) is 11.0 Å². The molecule has 0 heterocycles. The van der Waals surface area contributed by atoms with Crippen molar-refractivity contribution in [3.05, 3.63) is 11.0 Å². The highest BCUT2D eigenvalue weighted by atomic mass is 35.9. The van der Waals surface area contributed by atoms with Crippen molar-refractivity contribution < 1.29 is 4.74 Å². The first kappa shape index (κ1) is 8.84. The quantitative estimate of drug-likeness (QED) is 0.482. The van der Waals surface area contributed by atoms with Crippen molar-refractivity contribution in [2.24, 2.45) is 0 Å². The summed E-state index contributed by atoms with van der Waals surface area (Å²) in [7, 11) is 1.45. The Labute approximate surface area is 63.9 Å². The van der Waals surface area contributed by atoms with Crippen molar-refractivity contribution in [2.45, 2.75) is 0 Å². The van der Waals surface area contributed by atoms with Gasteiger partial charge in [-0.3, -0.25) is 0 Å². The van der Waals surface area contributed by atoms with Gasteiger partial charge in [0, 0.05) is 5.82 Å². The molecule has 0 unspecified atom stereocenters. The molecule has 0 saturated carbocycles. The van der Waals surface area contributed by atoms with Crippen molar-refractivity contribution in [3.8, 4) is 0 Å². The molecule has 1 nitrogen and oxygen atoms in total. The number of methoxy groups -OCH3 is 1. The van der Waals surface area contributed by atoms with Gasteiger partial charge in [-0.05, 0) is 11.6 Å². The van der Waals surface area contributed by atoms with Crippen LogP contribution in [0.5, 0.6) is 0 Å². The van der Waals surface area contributed by atoms with E-state index in [4.69, 9.17) is 34.1 Å². The van der Waals surface area contributed by atoms with E-state index in [0.29, 0.717) is 0 Å². The van der Waals surface area contributed by atoms with Gasteiger partial charge in [-0.15, -0.1) is 0 Å². The topological polar surface area (TPSA) is 9.23 Å². The molecule has 0 aliphatic carbocycles. The van der Waals surface area contributed by atoms with E-state index in [9.17, 15) is 0 Å². The third kappa shape index (κ3) is 4.99. The fourth-order valence-corrected chi connectivity index (χ4v) is 1.51. The summed E-state index contributed by atoms with van der Waals surface area (Å²) in [5, 5.41) is 0.237. The molecule has 0 spiro atoms. The van der Waals surface area contributed by atoms with Crippen molar-refractivity contribution in [3.63, 3.8) is 0 Å².